The molecule has 0 saturated heterocycles. The zero-order chi connectivity index (χ0) is 15.0. The minimum atomic E-state index is -0.394. The normalized spacial score (nSPS) is 10.8. The summed E-state index contributed by atoms with van der Waals surface area (Å²) in [5, 5.41) is 4.10. The number of fused-ring (bicyclic) bond motifs is 1. The summed E-state index contributed by atoms with van der Waals surface area (Å²) in [4.78, 5) is 18.1. The van der Waals surface area contributed by atoms with E-state index < -0.39 is 5.82 Å². The first-order valence-electron chi connectivity index (χ1n) is 6.09. The first-order chi connectivity index (χ1) is 10.1. The number of aromatic nitrogens is 3. The lowest BCUT2D eigenvalue weighted by Crippen LogP contribution is -2.26. The average molecular weight is 349 g/mol. The van der Waals surface area contributed by atoms with Crippen molar-refractivity contribution >= 4 is 33.2 Å². The maximum absolute atomic E-state index is 13.3. The Morgan fingerprint density at radius 2 is 2.19 bits per heavy atom. The van der Waals surface area contributed by atoms with Crippen LogP contribution in [-0.4, -0.2) is 27.6 Å². The van der Waals surface area contributed by atoms with Crippen LogP contribution in [0.3, 0.4) is 0 Å². The Morgan fingerprint density at radius 3 is 2.95 bits per heavy atom. The molecule has 106 valence electrons. The van der Waals surface area contributed by atoms with Crippen molar-refractivity contribution in [1.29, 1.82) is 0 Å². The minimum absolute atomic E-state index is 0.301. The third-order valence-corrected chi connectivity index (χ3v) is 3.46. The van der Waals surface area contributed by atoms with Gasteiger partial charge >= 0.3 is 0 Å². The fourth-order valence-corrected chi connectivity index (χ4v) is 2.28. The maximum atomic E-state index is 13.3. The van der Waals surface area contributed by atoms with Crippen LogP contribution in [-0.2, 0) is 0 Å². The molecule has 3 aromatic rings. The summed E-state index contributed by atoms with van der Waals surface area (Å²) < 4.78 is 15.5. The molecule has 0 fully saturated rings. The van der Waals surface area contributed by atoms with Crippen molar-refractivity contribution in [1.82, 2.24) is 14.6 Å². The van der Waals surface area contributed by atoms with Crippen molar-refractivity contribution in [3.63, 3.8) is 0 Å². The molecule has 0 spiro atoms. The Bertz CT molecular complexity index is 833. The topological polar surface area (TPSA) is 50.5 Å². The standard InChI is InChI=1S/C14H10BrFN4O/c1-19(11-4-2-3-10(16)5-11)14(21)12-7-18-20-8-9(15)6-17-13(12)20/h2-8H,1H3. The first-order valence-corrected chi connectivity index (χ1v) is 6.88. The maximum Gasteiger partial charge on any atom is 0.263 e. The molecule has 0 N–H and O–H groups in total. The summed E-state index contributed by atoms with van der Waals surface area (Å²) in [5.74, 6) is -0.695. The molecule has 0 unspecified atom stereocenters. The van der Waals surface area contributed by atoms with Gasteiger partial charge in [0.15, 0.2) is 5.65 Å². The number of amides is 1. The molecule has 7 heteroatoms. The lowest BCUT2D eigenvalue weighted by atomic mass is 10.2. The van der Waals surface area contributed by atoms with Crippen LogP contribution in [0, 0.1) is 5.82 Å². The Labute approximate surface area is 128 Å². The molecule has 5 nitrogen and oxygen atoms in total. The fraction of sp³-hybridized carbons (Fsp3) is 0.0714. The lowest BCUT2D eigenvalue weighted by molar-refractivity contribution is 0.0994. The summed E-state index contributed by atoms with van der Waals surface area (Å²) in [6.07, 6.45) is 4.75. The third kappa shape index (κ3) is 2.52. The van der Waals surface area contributed by atoms with Crippen LogP contribution in [0.1, 0.15) is 10.4 Å². The number of rotatable bonds is 2. The molecule has 0 aliphatic heterocycles. The van der Waals surface area contributed by atoms with Gasteiger partial charge in [-0.25, -0.2) is 13.9 Å². The van der Waals surface area contributed by atoms with Crippen LogP contribution in [0.4, 0.5) is 10.1 Å². The van der Waals surface area contributed by atoms with E-state index in [1.54, 1.807) is 31.6 Å². The van der Waals surface area contributed by atoms with Crippen LogP contribution in [0.25, 0.3) is 5.65 Å². The van der Waals surface area contributed by atoms with Crippen LogP contribution < -0.4 is 4.90 Å². The predicted octanol–water partition coefficient (Wildman–Crippen LogP) is 2.91. The lowest BCUT2D eigenvalue weighted by Gasteiger charge is -2.16. The molecule has 0 radical (unpaired) electrons. The molecule has 2 heterocycles. The monoisotopic (exact) mass is 348 g/mol. The zero-order valence-electron chi connectivity index (χ0n) is 11.0. The highest BCUT2D eigenvalue weighted by Crippen LogP contribution is 2.19. The quantitative estimate of drug-likeness (QED) is 0.715. The number of hydrogen-bond acceptors (Lipinski definition) is 3. The summed E-state index contributed by atoms with van der Waals surface area (Å²) in [5.41, 5.74) is 1.28. The second kappa shape index (κ2) is 5.25. The van der Waals surface area contributed by atoms with Crippen molar-refractivity contribution in [2.24, 2.45) is 0 Å². The van der Waals surface area contributed by atoms with Gasteiger partial charge in [-0.05, 0) is 34.1 Å². The highest BCUT2D eigenvalue weighted by atomic mass is 79.9. The van der Waals surface area contributed by atoms with E-state index in [0.29, 0.717) is 16.9 Å². The van der Waals surface area contributed by atoms with Gasteiger partial charge in [0, 0.05) is 25.1 Å². The highest BCUT2D eigenvalue weighted by Gasteiger charge is 2.19. The molecule has 3 rings (SSSR count). The molecule has 0 aliphatic carbocycles. The number of carbonyl (C=O) groups is 1. The van der Waals surface area contributed by atoms with Gasteiger partial charge in [0.1, 0.15) is 11.4 Å². The molecule has 0 atom stereocenters. The van der Waals surface area contributed by atoms with Crippen molar-refractivity contribution in [2.45, 2.75) is 0 Å². The average Bonchev–Trinajstić information content (AvgIpc) is 2.88. The molecular weight excluding hydrogens is 339 g/mol. The van der Waals surface area contributed by atoms with E-state index in [1.807, 2.05) is 0 Å². The van der Waals surface area contributed by atoms with E-state index in [1.165, 1.54) is 27.7 Å². The van der Waals surface area contributed by atoms with Gasteiger partial charge in [-0.15, -0.1) is 0 Å². The smallest absolute Gasteiger partial charge is 0.263 e. The summed E-state index contributed by atoms with van der Waals surface area (Å²) in [6, 6.07) is 5.85. The minimum Gasteiger partial charge on any atom is -0.311 e. The Morgan fingerprint density at radius 1 is 1.38 bits per heavy atom. The van der Waals surface area contributed by atoms with Gasteiger partial charge in [0.25, 0.3) is 5.91 Å². The molecule has 0 bridgehead atoms. The van der Waals surface area contributed by atoms with Crippen molar-refractivity contribution < 1.29 is 9.18 Å². The second-order valence-corrected chi connectivity index (χ2v) is 5.36. The van der Waals surface area contributed by atoms with Crippen molar-refractivity contribution in [3.8, 4) is 0 Å². The van der Waals surface area contributed by atoms with Gasteiger partial charge < -0.3 is 4.90 Å². The molecule has 2 aromatic heterocycles. The van der Waals surface area contributed by atoms with E-state index in [9.17, 15) is 9.18 Å². The number of benzene rings is 1. The van der Waals surface area contributed by atoms with E-state index in [2.05, 4.69) is 26.0 Å². The van der Waals surface area contributed by atoms with E-state index in [-0.39, 0.29) is 5.91 Å². The second-order valence-electron chi connectivity index (χ2n) is 4.44. The Hall–Kier alpha value is -2.28. The molecule has 21 heavy (non-hydrogen) atoms. The van der Waals surface area contributed by atoms with Crippen molar-refractivity contribution in [3.05, 3.63) is 58.7 Å². The van der Waals surface area contributed by atoms with Gasteiger partial charge in [-0.2, -0.15) is 5.10 Å². The molecular formula is C14H10BrFN4O. The summed E-state index contributed by atoms with van der Waals surface area (Å²) >= 11 is 3.29. The largest absolute Gasteiger partial charge is 0.311 e. The number of anilines is 1. The molecule has 0 aliphatic rings. The number of nitrogens with zero attached hydrogens (tertiary/aromatic N) is 4. The van der Waals surface area contributed by atoms with Crippen LogP contribution in [0.15, 0.2) is 47.3 Å². The van der Waals surface area contributed by atoms with E-state index >= 15 is 0 Å². The number of carbonyl (C=O) groups excluding carboxylic acids is 1. The van der Waals surface area contributed by atoms with Crippen molar-refractivity contribution in [2.75, 3.05) is 11.9 Å². The van der Waals surface area contributed by atoms with Crippen LogP contribution in [0.5, 0.6) is 0 Å². The first kappa shape index (κ1) is 13.7. The third-order valence-electron chi connectivity index (χ3n) is 3.06. The van der Waals surface area contributed by atoms with Gasteiger partial charge in [-0.3, -0.25) is 4.79 Å². The molecule has 1 aromatic carbocycles. The number of hydrogen-bond donors (Lipinski definition) is 0. The van der Waals surface area contributed by atoms with Gasteiger partial charge in [-0.1, -0.05) is 6.07 Å². The summed E-state index contributed by atoms with van der Waals surface area (Å²) in [6.45, 7) is 0. The SMILES string of the molecule is CN(C(=O)c1cnn2cc(Br)cnc12)c1cccc(F)c1. The highest BCUT2D eigenvalue weighted by molar-refractivity contribution is 9.10. The number of halogens is 2. The van der Waals surface area contributed by atoms with Gasteiger partial charge in [0.2, 0.25) is 0 Å². The van der Waals surface area contributed by atoms with E-state index in [0.717, 1.165) is 4.47 Å². The van der Waals surface area contributed by atoms with Crippen LogP contribution >= 0.6 is 15.9 Å². The van der Waals surface area contributed by atoms with Crippen LogP contribution in [0.2, 0.25) is 0 Å². The zero-order valence-corrected chi connectivity index (χ0v) is 12.6. The fourth-order valence-electron chi connectivity index (χ4n) is 1.99. The predicted molar refractivity (Wildman–Crippen MR) is 79.8 cm³/mol. The summed E-state index contributed by atoms with van der Waals surface area (Å²) in [7, 11) is 1.58. The van der Waals surface area contributed by atoms with E-state index in [4.69, 9.17) is 0 Å². The molecule has 1 amide bonds. The van der Waals surface area contributed by atoms with Gasteiger partial charge in [0.05, 0.1) is 10.7 Å². The Kier molecular flexibility index (Phi) is 3.42. The molecule has 0 saturated carbocycles. The Balaban J connectivity index is 2.00.